The zero-order valence-electron chi connectivity index (χ0n) is 17.2. The Morgan fingerprint density at radius 1 is 1.00 bits per heavy atom. The summed E-state index contributed by atoms with van der Waals surface area (Å²) in [4.78, 5) is 23.1. The first kappa shape index (κ1) is 21.6. The molecule has 3 rings (SSSR count). The van der Waals surface area contributed by atoms with Crippen molar-refractivity contribution in [1.82, 2.24) is 0 Å². The molecule has 0 saturated heterocycles. The number of nitrogens with one attached hydrogen (secondary N) is 1. The lowest BCUT2D eigenvalue weighted by atomic mass is 10.1. The van der Waals surface area contributed by atoms with Crippen molar-refractivity contribution in [2.75, 3.05) is 19.0 Å². The molecule has 0 saturated carbocycles. The fourth-order valence-corrected chi connectivity index (χ4v) is 2.88. The smallest absolute Gasteiger partial charge is 0.271 e. The van der Waals surface area contributed by atoms with Gasteiger partial charge in [-0.25, -0.2) is 0 Å². The molecule has 0 radical (unpaired) electrons. The minimum absolute atomic E-state index is 0.100. The third kappa shape index (κ3) is 5.72. The molecule has 0 aromatic heterocycles. The van der Waals surface area contributed by atoms with Crippen LogP contribution in [-0.4, -0.2) is 24.5 Å². The number of hydrogen-bond donors (Lipinski definition) is 1. The van der Waals surface area contributed by atoms with Gasteiger partial charge in [-0.05, 0) is 43.3 Å². The number of ether oxygens (including phenoxy) is 3. The van der Waals surface area contributed by atoms with Crippen molar-refractivity contribution in [1.29, 1.82) is 0 Å². The van der Waals surface area contributed by atoms with Gasteiger partial charge in [0.2, 0.25) is 0 Å². The molecule has 0 atom stereocenters. The van der Waals surface area contributed by atoms with Gasteiger partial charge in [-0.2, -0.15) is 0 Å². The Labute approximate surface area is 179 Å². The van der Waals surface area contributed by atoms with Crippen LogP contribution in [-0.2, 0) is 6.61 Å². The Hall–Kier alpha value is -4.07. The van der Waals surface area contributed by atoms with Gasteiger partial charge in [-0.3, -0.25) is 14.9 Å². The maximum absolute atomic E-state index is 12.7. The number of carbonyl (C=O) groups is 1. The highest BCUT2D eigenvalue weighted by atomic mass is 16.6. The van der Waals surface area contributed by atoms with Crippen molar-refractivity contribution in [3.8, 4) is 17.2 Å². The fourth-order valence-electron chi connectivity index (χ4n) is 2.88. The minimum atomic E-state index is -0.513. The average molecular weight is 422 g/mol. The zero-order valence-corrected chi connectivity index (χ0v) is 17.2. The van der Waals surface area contributed by atoms with E-state index in [2.05, 4.69) is 5.32 Å². The lowest BCUT2D eigenvalue weighted by Gasteiger charge is -2.14. The van der Waals surface area contributed by atoms with Gasteiger partial charge in [0, 0.05) is 35.0 Å². The van der Waals surface area contributed by atoms with E-state index in [1.807, 2.05) is 25.1 Å². The van der Waals surface area contributed by atoms with Gasteiger partial charge in [0.25, 0.3) is 11.6 Å². The standard InChI is InChI=1S/C23H22N2O6/c1-3-30-22-11-10-16(23(26)24-18-6-4-7-19(13-18)25(27)28)12-17(22)15-31-21-9-5-8-20(14-21)29-2/h4-14H,3,15H2,1-2H3,(H,24,26). The van der Waals surface area contributed by atoms with Crippen LogP contribution in [0, 0.1) is 10.1 Å². The predicted molar refractivity (Wildman–Crippen MR) is 116 cm³/mol. The summed E-state index contributed by atoms with van der Waals surface area (Å²) >= 11 is 0. The minimum Gasteiger partial charge on any atom is -0.497 e. The number of hydrogen-bond acceptors (Lipinski definition) is 6. The quantitative estimate of drug-likeness (QED) is 0.391. The molecular weight excluding hydrogens is 400 g/mol. The Bertz CT molecular complexity index is 1080. The first-order chi connectivity index (χ1) is 15.0. The number of nitro benzene ring substituents is 1. The van der Waals surface area contributed by atoms with Gasteiger partial charge in [-0.15, -0.1) is 0 Å². The summed E-state index contributed by atoms with van der Waals surface area (Å²) in [5, 5.41) is 13.6. The molecule has 0 fully saturated rings. The number of nitro groups is 1. The van der Waals surface area contributed by atoms with Crippen LogP contribution in [0.25, 0.3) is 0 Å². The Kier molecular flexibility index (Phi) is 7.05. The second kappa shape index (κ2) is 10.1. The van der Waals surface area contributed by atoms with Crippen LogP contribution in [0.3, 0.4) is 0 Å². The molecule has 0 aliphatic heterocycles. The van der Waals surface area contributed by atoms with Crippen molar-refractivity contribution in [3.63, 3.8) is 0 Å². The molecule has 1 N–H and O–H groups in total. The van der Waals surface area contributed by atoms with Crippen molar-refractivity contribution in [2.45, 2.75) is 13.5 Å². The first-order valence-electron chi connectivity index (χ1n) is 9.58. The predicted octanol–water partition coefficient (Wildman–Crippen LogP) is 4.83. The number of benzene rings is 3. The molecule has 3 aromatic rings. The maximum Gasteiger partial charge on any atom is 0.271 e. The van der Waals surface area contributed by atoms with E-state index in [1.165, 1.54) is 18.2 Å². The van der Waals surface area contributed by atoms with Gasteiger partial charge in [0.15, 0.2) is 0 Å². The van der Waals surface area contributed by atoms with Crippen LogP contribution in [0.2, 0.25) is 0 Å². The number of amides is 1. The van der Waals surface area contributed by atoms with Crippen molar-refractivity contribution >= 4 is 17.3 Å². The largest absolute Gasteiger partial charge is 0.497 e. The third-order valence-corrected chi connectivity index (χ3v) is 4.37. The highest BCUT2D eigenvalue weighted by Crippen LogP contribution is 2.25. The second-order valence-corrected chi connectivity index (χ2v) is 6.48. The molecular formula is C23H22N2O6. The Balaban J connectivity index is 1.79. The molecule has 0 unspecified atom stereocenters. The van der Waals surface area contributed by atoms with E-state index in [1.54, 1.807) is 37.4 Å². The van der Waals surface area contributed by atoms with Gasteiger partial charge >= 0.3 is 0 Å². The molecule has 0 aliphatic rings. The number of nitrogens with zero attached hydrogens (tertiary/aromatic N) is 1. The Morgan fingerprint density at radius 2 is 1.77 bits per heavy atom. The molecule has 8 nitrogen and oxygen atoms in total. The van der Waals surface area contributed by atoms with E-state index < -0.39 is 10.8 Å². The summed E-state index contributed by atoms with van der Waals surface area (Å²) < 4.78 is 16.7. The Morgan fingerprint density at radius 3 is 2.52 bits per heavy atom. The van der Waals surface area contributed by atoms with Gasteiger partial charge in [-0.1, -0.05) is 12.1 Å². The molecule has 0 spiro atoms. The molecule has 3 aromatic carbocycles. The zero-order chi connectivity index (χ0) is 22.2. The average Bonchev–Trinajstić information content (AvgIpc) is 2.78. The second-order valence-electron chi connectivity index (χ2n) is 6.48. The molecule has 31 heavy (non-hydrogen) atoms. The highest BCUT2D eigenvalue weighted by molar-refractivity contribution is 6.04. The number of anilines is 1. The lowest BCUT2D eigenvalue weighted by molar-refractivity contribution is -0.384. The molecule has 0 aliphatic carbocycles. The molecule has 160 valence electrons. The summed E-state index contributed by atoms with van der Waals surface area (Å²) in [6, 6.07) is 18.0. The maximum atomic E-state index is 12.7. The molecule has 0 heterocycles. The SMILES string of the molecule is CCOc1ccc(C(=O)Nc2cccc([N+](=O)[O-])c2)cc1COc1cccc(OC)c1. The first-order valence-corrected chi connectivity index (χ1v) is 9.58. The van der Waals surface area contributed by atoms with Crippen molar-refractivity contribution in [3.05, 3.63) is 88.0 Å². The third-order valence-electron chi connectivity index (χ3n) is 4.37. The number of rotatable bonds is 9. The van der Waals surface area contributed by atoms with E-state index in [9.17, 15) is 14.9 Å². The van der Waals surface area contributed by atoms with E-state index in [-0.39, 0.29) is 12.3 Å². The number of methoxy groups -OCH3 is 1. The van der Waals surface area contributed by atoms with Crippen LogP contribution < -0.4 is 19.5 Å². The van der Waals surface area contributed by atoms with E-state index >= 15 is 0 Å². The van der Waals surface area contributed by atoms with Crippen LogP contribution in [0.4, 0.5) is 11.4 Å². The van der Waals surface area contributed by atoms with Gasteiger partial charge in [0.1, 0.15) is 23.9 Å². The topological polar surface area (TPSA) is 99.9 Å². The molecule has 8 heteroatoms. The van der Waals surface area contributed by atoms with Gasteiger partial charge < -0.3 is 19.5 Å². The van der Waals surface area contributed by atoms with Crippen molar-refractivity contribution < 1.29 is 23.9 Å². The monoisotopic (exact) mass is 422 g/mol. The molecule has 0 bridgehead atoms. The number of non-ortho nitro benzene ring substituents is 1. The van der Waals surface area contributed by atoms with Crippen molar-refractivity contribution in [2.24, 2.45) is 0 Å². The highest BCUT2D eigenvalue weighted by Gasteiger charge is 2.13. The summed E-state index contributed by atoms with van der Waals surface area (Å²) in [7, 11) is 1.58. The summed E-state index contributed by atoms with van der Waals surface area (Å²) in [5.74, 6) is 1.50. The van der Waals surface area contributed by atoms with Crippen LogP contribution in [0.15, 0.2) is 66.7 Å². The van der Waals surface area contributed by atoms with Crippen LogP contribution in [0.1, 0.15) is 22.8 Å². The van der Waals surface area contributed by atoms with Crippen LogP contribution >= 0.6 is 0 Å². The summed E-state index contributed by atoms with van der Waals surface area (Å²) in [6.45, 7) is 2.52. The number of carbonyl (C=O) groups excluding carboxylic acids is 1. The fraction of sp³-hybridized carbons (Fsp3) is 0.174. The van der Waals surface area contributed by atoms with E-state index in [4.69, 9.17) is 14.2 Å². The summed E-state index contributed by atoms with van der Waals surface area (Å²) in [5.41, 5.74) is 1.30. The summed E-state index contributed by atoms with van der Waals surface area (Å²) in [6.07, 6.45) is 0. The van der Waals surface area contributed by atoms with E-state index in [0.29, 0.717) is 40.7 Å². The van der Waals surface area contributed by atoms with Gasteiger partial charge in [0.05, 0.1) is 18.6 Å². The van der Waals surface area contributed by atoms with Crippen LogP contribution in [0.5, 0.6) is 17.2 Å². The lowest BCUT2D eigenvalue weighted by Crippen LogP contribution is -2.13. The normalized spacial score (nSPS) is 10.3. The molecule has 1 amide bonds. The van der Waals surface area contributed by atoms with E-state index in [0.717, 1.165) is 0 Å².